The SMILES string of the molecule is CN(CCc1ccncc1)C(=O)CC(=O)Nc1ccccc1Cl. The molecule has 0 spiro atoms. The second kappa shape index (κ2) is 8.29. The van der Waals surface area contributed by atoms with Crippen LogP contribution in [0.15, 0.2) is 48.8 Å². The summed E-state index contributed by atoms with van der Waals surface area (Å²) in [6, 6.07) is 10.7. The van der Waals surface area contributed by atoms with Crippen LogP contribution in [0.3, 0.4) is 0 Å². The van der Waals surface area contributed by atoms with Crippen LogP contribution in [0.25, 0.3) is 0 Å². The van der Waals surface area contributed by atoms with Gasteiger partial charge in [-0.3, -0.25) is 14.6 Å². The van der Waals surface area contributed by atoms with Crippen molar-refractivity contribution >= 4 is 29.1 Å². The van der Waals surface area contributed by atoms with E-state index in [1.165, 1.54) is 0 Å². The van der Waals surface area contributed by atoms with E-state index in [9.17, 15) is 9.59 Å². The van der Waals surface area contributed by atoms with Crippen molar-refractivity contribution in [2.24, 2.45) is 0 Å². The minimum absolute atomic E-state index is 0.210. The molecule has 2 amide bonds. The number of benzene rings is 1. The molecule has 5 nitrogen and oxygen atoms in total. The number of carbonyl (C=O) groups is 2. The van der Waals surface area contributed by atoms with Crippen LogP contribution in [0.2, 0.25) is 5.02 Å². The number of rotatable bonds is 6. The lowest BCUT2D eigenvalue weighted by atomic mass is 10.2. The van der Waals surface area contributed by atoms with Crippen molar-refractivity contribution in [3.8, 4) is 0 Å². The van der Waals surface area contributed by atoms with Gasteiger partial charge in [0.1, 0.15) is 6.42 Å². The highest BCUT2D eigenvalue weighted by atomic mass is 35.5. The first-order valence-corrected chi connectivity index (χ1v) is 7.61. The van der Waals surface area contributed by atoms with Crippen LogP contribution < -0.4 is 5.32 Å². The maximum atomic E-state index is 12.1. The molecular formula is C17H18ClN3O2. The number of nitrogens with zero attached hydrogens (tertiary/aromatic N) is 2. The number of likely N-dealkylation sites (N-methyl/N-ethyl adjacent to an activating group) is 1. The molecule has 6 heteroatoms. The van der Waals surface area contributed by atoms with Crippen LogP contribution in [0.5, 0.6) is 0 Å². The molecule has 0 saturated carbocycles. The summed E-state index contributed by atoms with van der Waals surface area (Å²) in [5.74, 6) is -0.609. The van der Waals surface area contributed by atoms with E-state index in [0.717, 1.165) is 12.0 Å². The van der Waals surface area contributed by atoms with E-state index in [1.807, 2.05) is 12.1 Å². The average Bonchev–Trinajstić information content (AvgIpc) is 2.55. The second-order valence-electron chi connectivity index (χ2n) is 5.13. The van der Waals surface area contributed by atoms with E-state index in [0.29, 0.717) is 17.3 Å². The lowest BCUT2D eigenvalue weighted by Gasteiger charge is -2.17. The predicted molar refractivity (Wildman–Crippen MR) is 90.3 cm³/mol. The summed E-state index contributed by atoms with van der Waals surface area (Å²) in [6.45, 7) is 0.544. The molecule has 0 bridgehead atoms. The standard InChI is InChI=1S/C17H18ClN3O2/c1-21(11-8-13-6-9-19-10-7-13)17(23)12-16(22)20-15-5-3-2-4-14(15)18/h2-7,9-10H,8,11-12H2,1H3,(H,20,22). The van der Waals surface area contributed by atoms with Crippen molar-refractivity contribution in [1.82, 2.24) is 9.88 Å². The molecule has 0 saturated heterocycles. The second-order valence-corrected chi connectivity index (χ2v) is 5.53. The average molecular weight is 332 g/mol. The fraction of sp³-hybridized carbons (Fsp3) is 0.235. The monoisotopic (exact) mass is 331 g/mol. The van der Waals surface area contributed by atoms with Gasteiger partial charge in [-0.15, -0.1) is 0 Å². The highest BCUT2D eigenvalue weighted by Gasteiger charge is 2.14. The van der Waals surface area contributed by atoms with Crippen LogP contribution in [0.1, 0.15) is 12.0 Å². The summed E-state index contributed by atoms with van der Waals surface area (Å²) >= 11 is 5.97. The Bertz CT molecular complexity index is 677. The van der Waals surface area contributed by atoms with Gasteiger partial charge in [-0.05, 0) is 36.2 Å². The largest absolute Gasteiger partial charge is 0.345 e. The lowest BCUT2D eigenvalue weighted by Crippen LogP contribution is -2.32. The first kappa shape index (κ1) is 17.0. The number of para-hydroxylation sites is 1. The Labute approximate surface area is 140 Å². The molecule has 1 aromatic heterocycles. The number of pyridine rings is 1. The minimum atomic E-state index is -0.376. The van der Waals surface area contributed by atoms with Crippen molar-refractivity contribution < 1.29 is 9.59 Å². The predicted octanol–water partition coefficient (Wildman–Crippen LogP) is 2.76. The zero-order valence-corrected chi connectivity index (χ0v) is 13.6. The van der Waals surface area contributed by atoms with Crippen molar-refractivity contribution in [2.45, 2.75) is 12.8 Å². The first-order chi connectivity index (χ1) is 11.1. The van der Waals surface area contributed by atoms with Crippen molar-refractivity contribution in [1.29, 1.82) is 0 Å². The Morgan fingerprint density at radius 3 is 2.57 bits per heavy atom. The van der Waals surface area contributed by atoms with Crippen molar-refractivity contribution in [3.63, 3.8) is 0 Å². The zero-order chi connectivity index (χ0) is 16.7. The van der Waals surface area contributed by atoms with Gasteiger partial charge >= 0.3 is 0 Å². The van der Waals surface area contributed by atoms with Crippen LogP contribution >= 0.6 is 11.6 Å². The minimum Gasteiger partial charge on any atom is -0.345 e. The Hall–Kier alpha value is -2.40. The van der Waals surface area contributed by atoms with Gasteiger partial charge in [0.25, 0.3) is 0 Å². The van der Waals surface area contributed by atoms with Gasteiger partial charge in [-0.1, -0.05) is 23.7 Å². The number of amides is 2. The summed E-state index contributed by atoms with van der Waals surface area (Å²) in [5, 5.41) is 3.09. The van der Waals surface area contributed by atoms with Gasteiger partial charge in [0.2, 0.25) is 11.8 Å². The molecule has 0 unspecified atom stereocenters. The van der Waals surface area contributed by atoms with E-state index in [4.69, 9.17) is 11.6 Å². The molecule has 120 valence electrons. The zero-order valence-electron chi connectivity index (χ0n) is 12.8. The number of carbonyl (C=O) groups excluding carboxylic acids is 2. The summed E-state index contributed by atoms with van der Waals surface area (Å²) in [6.07, 6.45) is 3.94. The Morgan fingerprint density at radius 2 is 1.87 bits per heavy atom. The molecule has 0 aliphatic carbocycles. The number of nitrogens with one attached hydrogen (secondary N) is 1. The molecule has 1 heterocycles. The fourth-order valence-corrected chi connectivity index (χ4v) is 2.18. The van der Waals surface area contributed by atoms with Gasteiger partial charge in [0.15, 0.2) is 0 Å². The van der Waals surface area contributed by atoms with Gasteiger partial charge in [-0.25, -0.2) is 0 Å². The number of anilines is 1. The lowest BCUT2D eigenvalue weighted by molar-refractivity contribution is -0.133. The molecule has 2 aromatic rings. The number of aromatic nitrogens is 1. The highest BCUT2D eigenvalue weighted by Crippen LogP contribution is 2.20. The Kier molecular flexibility index (Phi) is 6.11. The summed E-state index contributed by atoms with van der Waals surface area (Å²) in [4.78, 5) is 29.5. The molecule has 1 N–H and O–H groups in total. The van der Waals surface area contributed by atoms with Gasteiger partial charge < -0.3 is 10.2 Å². The van der Waals surface area contributed by atoms with Crippen LogP contribution in [0, 0.1) is 0 Å². The van der Waals surface area contributed by atoms with Crippen molar-refractivity contribution in [3.05, 3.63) is 59.4 Å². The third-order valence-electron chi connectivity index (χ3n) is 3.37. The fourth-order valence-electron chi connectivity index (χ4n) is 2.00. The van der Waals surface area contributed by atoms with E-state index < -0.39 is 0 Å². The molecule has 2 rings (SSSR count). The van der Waals surface area contributed by atoms with Gasteiger partial charge in [0.05, 0.1) is 10.7 Å². The Morgan fingerprint density at radius 1 is 1.17 bits per heavy atom. The molecule has 23 heavy (non-hydrogen) atoms. The van der Waals surface area contributed by atoms with E-state index in [-0.39, 0.29) is 18.2 Å². The number of hydrogen-bond acceptors (Lipinski definition) is 3. The molecule has 0 atom stereocenters. The number of hydrogen-bond donors (Lipinski definition) is 1. The normalized spacial score (nSPS) is 10.2. The molecule has 0 radical (unpaired) electrons. The quantitative estimate of drug-likeness (QED) is 0.828. The maximum absolute atomic E-state index is 12.1. The molecule has 1 aromatic carbocycles. The van der Waals surface area contributed by atoms with Crippen molar-refractivity contribution in [2.75, 3.05) is 18.9 Å². The molecule has 0 fully saturated rings. The smallest absolute Gasteiger partial charge is 0.233 e. The summed E-state index contributed by atoms with van der Waals surface area (Å²) in [7, 11) is 1.69. The molecule has 0 aliphatic heterocycles. The Balaban J connectivity index is 1.81. The maximum Gasteiger partial charge on any atom is 0.233 e. The van der Waals surface area contributed by atoms with Crippen LogP contribution in [-0.4, -0.2) is 35.3 Å². The summed E-state index contributed by atoms with van der Waals surface area (Å²) in [5.41, 5.74) is 1.60. The van der Waals surface area contributed by atoms with Gasteiger partial charge in [0, 0.05) is 26.0 Å². The highest BCUT2D eigenvalue weighted by molar-refractivity contribution is 6.33. The molecular weight excluding hydrogens is 314 g/mol. The topological polar surface area (TPSA) is 62.3 Å². The third kappa shape index (κ3) is 5.38. The van der Waals surface area contributed by atoms with Crippen LogP contribution in [-0.2, 0) is 16.0 Å². The number of halogens is 1. The van der Waals surface area contributed by atoms with E-state index in [2.05, 4.69) is 10.3 Å². The van der Waals surface area contributed by atoms with E-state index >= 15 is 0 Å². The first-order valence-electron chi connectivity index (χ1n) is 7.23. The van der Waals surface area contributed by atoms with Gasteiger partial charge in [-0.2, -0.15) is 0 Å². The van der Waals surface area contributed by atoms with E-state index in [1.54, 1.807) is 48.6 Å². The summed E-state index contributed by atoms with van der Waals surface area (Å²) < 4.78 is 0. The molecule has 0 aliphatic rings. The van der Waals surface area contributed by atoms with Crippen LogP contribution in [0.4, 0.5) is 5.69 Å². The third-order valence-corrected chi connectivity index (χ3v) is 3.70.